The molecule has 2 rings (SSSR count). The first-order valence-corrected chi connectivity index (χ1v) is 5.58. The first-order chi connectivity index (χ1) is 6.50. The Morgan fingerprint density at radius 1 is 1.29 bits per heavy atom. The van der Waals surface area contributed by atoms with Crippen molar-refractivity contribution < 1.29 is 0 Å². The van der Waals surface area contributed by atoms with Gasteiger partial charge >= 0.3 is 0 Å². The maximum absolute atomic E-state index is 6.18. The Labute approximate surface area is 86.3 Å². The van der Waals surface area contributed by atoms with Crippen LogP contribution in [0.3, 0.4) is 0 Å². The predicted octanol–water partition coefficient (Wildman–Crippen LogP) is 2.85. The third-order valence-corrected chi connectivity index (χ3v) is 3.19. The summed E-state index contributed by atoms with van der Waals surface area (Å²) in [7, 11) is 0. The molecule has 1 aliphatic heterocycles. The summed E-state index contributed by atoms with van der Waals surface area (Å²) in [4.78, 5) is 4.73. The average Bonchev–Trinajstić information content (AvgIpc) is 2.44. The number of fused-ring (bicyclic) bond motifs is 1. The largest absolute Gasteiger partial charge is 0.400 e. The number of allylic oxidation sites excluding steroid dienone is 2. The quantitative estimate of drug-likeness (QED) is 0.629. The molecule has 1 fully saturated rings. The van der Waals surface area contributed by atoms with Crippen molar-refractivity contribution in [3.63, 3.8) is 0 Å². The number of hydrogen-bond donors (Lipinski definition) is 1. The van der Waals surface area contributed by atoms with Crippen LogP contribution in [0.2, 0.25) is 0 Å². The SMILES string of the molecule is CC(C)(C)C1=C(N)C2CCCCC2=N1. The van der Waals surface area contributed by atoms with Crippen LogP contribution in [0, 0.1) is 11.3 Å². The Balaban J connectivity index is 2.33. The topological polar surface area (TPSA) is 38.4 Å². The molecule has 1 unspecified atom stereocenters. The molecule has 0 amide bonds. The molecule has 0 radical (unpaired) electrons. The highest BCUT2D eigenvalue weighted by Gasteiger charge is 2.34. The van der Waals surface area contributed by atoms with Crippen molar-refractivity contribution in [2.24, 2.45) is 22.1 Å². The van der Waals surface area contributed by atoms with Crippen molar-refractivity contribution in [3.05, 3.63) is 11.4 Å². The number of aliphatic imine (C=N–C) groups is 1. The fourth-order valence-electron chi connectivity index (χ4n) is 2.44. The molecule has 1 heterocycles. The molecule has 0 aromatic carbocycles. The van der Waals surface area contributed by atoms with Crippen molar-refractivity contribution in [1.82, 2.24) is 0 Å². The smallest absolute Gasteiger partial charge is 0.0650 e. The molecule has 2 N–H and O–H groups in total. The molecule has 0 spiro atoms. The molecule has 0 bridgehead atoms. The summed E-state index contributed by atoms with van der Waals surface area (Å²) in [6.07, 6.45) is 4.97. The van der Waals surface area contributed by atoms with Gasteiger partial charge in [-0.2, -0.15) is 0 Å². The molecule has 0 aromatic heterocycles. The van der Waals surface area contributed by atoms with Crippen LogP contribution in [0.15, 0.2) is 16.4 Å². The third-order valence-electron chi connectivity index (χ3n) is 3.19. The van der Waals surface area contributed by atoms with E-state index in [9.17, 15) is 0 Å². The summed E-state index contributed by atoms with van der Waals surface area (Å²) < 4.78 is 0. The summed E-state index contributed by atoms with van der Waals surface area (Å²) in [6, 6.07) is 0. The number of rotatable bonds is 0. The number of nitrogens with zero attached hydrogens (tertiary/aromatic N) is 1. The van der Waals surface area contributed by atoms with Gasteiger partial charge in [-0.3, -0.25) is 4.99 Å². The maximum atomic E-state index is 6.18. The van der Waals surface area contributed by atoms with Gasteiger partial charge in [-0.1, -0.05) is 27.2 Å². The molecule has 0 aromatic rings. The zero-order chi connectivity index (χ0) is 10.3. The summed E-state index contributed by atoms with van der Waals surface area (Å²) >= 11 is 0. The molecular formula is C12H20N2. The van der Waals surface area contributed by atoms with Gasteiger partial charge in [-0.15, -0.1) is 0 Å². The van der Waals surface area contributed by atoms with Gasteiger partial charge in [0.2, 0.25) is 0 Å². The van der Waals surface area contributed by atoms with E-state index in [2.05, 4.69) is 20.8 Å². The highest BCUT2D eigenvalue weighted by atomic mass is 14.9. The van der Waals surface area contributed by atoms with Crippen LogP contribution in [-0.4, -0.2) is 5.71 Å². The van der Waals surface area contributed by atoms with Gasteiger partial charge in [0.25, 0.3) is 0 Å². The molecule has 14 heavy (non-hydrogen) atoms. The zero-order valence-electron chi connectivity index (χ0n) is 9.43. The van der Waals surface area contributed by atoms with Crippen molar-refractivity contribution in [1.29, 1.82) is 0 Å². The Morgan fingerprint density at radius 2 is 2.00 bits per heavy atom. The van der Waals surface area contributed by atoms with E-state index in [0.29, 0.717) is 5.92 Å². The maximum Gasteiger partial charge on any atom is 0.0650 e. The molecule has 1 atom stereocenters. The first kappa shape index (κ1) is 9.75. The van der Waals surface area contributed by atoms with Gasteiger partial charge in [0.05, 0.1) is 5.70 Å². The van der Waals surface area contributed by atoms with Crippen molar-refractivity contribution in [2.45, 2.75) is 46.5 Å². The molecule has 2 aliphatic rings. The Hall–Kier alpha value is -0.790. The predicted molar refractivity (Wildman–Crippen MR) is 60.1 cm³/mol. The summed E-state index contributed by atoms with van der Waals surface area (Å²) in [6.45, 7) is 6.57. The lowest BCUT2D eigenvalue weighted by Crippen LogP contribution is -2.22. The highest BCUT2D eigenvalue weighted by molar-refractivity contribution is 5.93. The van der Waals surface area contributed by atoms with Gasteiger partial charge < -0.3 is 5.73 Å². The van der Waals surface area contributed by atoms with E-state index in [1.54, 1.807) is 0 Å². The highest BCUT2D eigenvalue weighted by Crippen LogP contribution is 2.39. The van der Waals surface area contributed by atoms with E-state index in [-0.39, 0.29) is 5.41 Å². The average molecular weight is 192 g/mol. The first-order valence-electron chi connectivity index (χ1n) is 5.58. The molecule has 1 aliphatic carbocycles. The second-order valence-corrected chi connectivity index (χ2v) is 5.46. The lowest BCUT2D eigenvalue weighted by molar-refractivity contribution is 0.489. The van der Waals surface area contributed by atoms with Crippen LogP contribution in [0.1, 0.15) is 46.5 Å². The molecule has 0 saturated heterocycles. The monoisotopic (exact) mass is 192 g/mol. The van der Waals surface area contributed by atoms with E-state index in [1.807, 2.05) is 0 Å². The normalized spacial score (nSPS) is 27.6. The van der Waals surface area contributed by atoms with Crippen LogP contribution in [0.5, 0.6) is 0 Å². The number of nitrogens with two attached hydrogens (primary N) is 1. The van der Waals surface area contributed by atoms with Crippen LogP contribution in [0.4, 0.5) is 0 Å². The minimum Gasteiger partial charge on any atom is -0.400 e. The van der Waals surface area contributed by atoms with Gasteiger partial charge in [-0.05, 0) is 19.3 Å². The van der Waals surface area contributed by atoms with E-state index < -0.39 is 0 Å². The van der Waals surface area contributed by atoms with Gasteiger partial charge in [0.1, 0.15) is 0 Å². The van der Waals surface area contributed by atoms with Crippen molar-refractivity contribution in [3.8, 4) is 0 Å². The fraction of sp³-hybridized carbons (Fsp3) is 0.750. The van der Waals surface area contributed by atoms with E-state index in [0.717, 1.165) is 17.8 Å². The molecule has 2 nitrogen and oxygen atoms in total. The fourth-order valence-corrected chi connectivity index (χ4v) is 2.44. The summed E-state index contributed by atoms with van der Waals surface area (Å²) in [5, 5.41) is 0. The van der Waals surface area contributed by atoms with Crippen LogP contribution < -0.4 is 5.73 Å². The van der Waals surface area contributed by atoms with Crippen molar-refractivity contribution in [2.75, 3.05) is 0 Å². The lowest BCUT2D eigenvalue weighted by atomic mass is 9.84. The molecule has 2 heteroatoms. The van der Waals surface area contributed by atoms with Gasteiger partial charge in [-0.25, -0.2) is 0 Å². The van der Waals surface area contributed by atoms with E-state index >= 15 is 0 Å². The summed E-state index contributed by atoms with van der Waals surface area (Å²) in [5.74, 6) is 0.484. The number of hydrogen-bond acceptors (Lipinski definition) is 2. The van der Waals surface area contributed by atoms with E-state index in [4.69, 9.17) is 10.7 Å². The van der Waals surface area contributed by atoms with Crippen LogP contribution in [0.25, 0.3) is 0 Å². The minimum atomic E-state index is 0.106. The standard InChI is InChI=1S/C12H20N2/c1-12(2,3)11-10(13)8-6-4-5-7-9(8)14-11/h8H,4-7,13H2,1-3H3. The zero-order valence-corrected chi connectivity index (χ0v) is 9.43. The summed E-state index contributed by atoms with van der Waals surface area (Å²) in [5.41, 5.74) is 9.82. The third kappa shape index (κ3) is 1.47. The lowest BCUT2D eigenvalue weighted by Gasteiger charge is -2.21. The van der Waals surface area contributed by atoms with Crippen molar-refractivity contribution >= 4 is 5.71 Å². The van der Waals surface area contributed by atoms with Gasteiger partial charge in [0.15, 0.2) is 0 Å². The minimum absolute atomic E-state index is 0.106. The molecule has 78 valence electrons. The van der Waals surface area contributed by atoms with Gasteiger partial charge in [0, 0.05) is 22.7 Å². The van der Waals surface area contributed by atoms with Crippen LogP contribution >= 0.6 is 0 Å². The molecular weight excluding hydrogens is 172 g/mol. The van der Waals surface area contributed by atoms with Crippen LogP contribution in [-0.2, 0) is 0 Å². The molecule has 1 saturated carbocycles. The second-order valence-electron chi connectivity index (χ2n) is 5.46. The Kier molecular flexibility index (Phi) is 2.17. The second kappa shape index (κ2) is 3.11. The Bertz CT molecular complexity index is 305. The Morgan fingerprint density at radius 3 is 2.57 bits per heavy atom. The van der Waals surface area contributed by atoms with E-state index in [1.165, 1.54) is 25.0 Å².